The highest BCUT2D eigenvalue weighted by atomic mass is 32.2. The first-order chi connectivity index (χ1) is 13.1. The molecule has 0 bridgehead atoms. The van der Waals surface area contributed by atoms with Crippen molar-refractivity contribution in [2.24, 2.45) is 0 Å². The molecule has 1 aliphatic rings. The van der Waals surface area contributed by atoms with Gasteiger partial charge in [0, 0.05) is 22.8 Å². The average molecular weight is 396 g/mol. The fraction of sp³-hybridized carbons (Fsp3) is 0.286. The van der Waals surface area contributed by atoms with Gasteiger partial charge in [-0.3, -0.25) is 4.79 Å². The molecule has 0 fully saturated rings. The van der Waals surface area contributed by atoms with E-state index in [4.69, 9.17) is 0 Å². The monoisotopic (exact) mass is 395 g/mol. The van der Waals surface area contributed by atoms with E-state index in [1.807, 2.05) is 43.0 Å². The van der Waals surface area contributed by atoms with Gasteiger partial charge < -0.3 is 4.90 Å². The molecule has 4 nitrogen and oxygen atoms in total. The molecule has 0 saturated carbocycles. The van der Waals surface area contributed by atoms with Gasteiger partial charge >= 0.3 is 0 Å². The second-order valence-corrected chi connectivity index (χ2v) is 8.61. The quantitative estimate of drug-likeness (QED) is 0.485. The molecule has 0 radical (unpaired) electrons. The number of rotatable bonds is 4. The van der Waals surface area contributed by atoms with E-state index in [1.54, 1.807) is 11.3 Å². The first kappa shape index (κ1) is 18.2. The Balaban J connectivity index is 1.56. The highest BCUT2D eigenvalue weighted by Crippen LogP contribution is 2.38. The van der Waals surface area contributed by atoms with Crippen LogP contribution in [0.5, 0.6) is 0 Å². The number of carbonyl (C=O) groups is 1. The molecule has 2 aromatic heterocycles. The second-order valence-electron chi connectivity index (χ2n) is 6.67. The van der Waals surface area contributed by atoms with E-state index in [1.165, 1.54) is 22.2 Å². The fourth-order valence-corrected chi connectivity index (χ4v) is 5.29. The van der Waals surface area contributed by atoms with Crippen LogP contribution in [0.2, 0.25) is 0 Å². The molecule has 0 unspecified atom stereocenters. The first-order valence-corrected chi connectivity index (χ1v) is 10.8. The summed E-state index contributed by atoms with van der Waals surface area (Å²) in [5.41, 5.74) is 4.29. The second kappa shape index (κ2) is 7.82. The van der Waals surface area contributed by atoms with Crippen LogP contribution in [-0.2, 0) is 11.2 Å². The summed E-state index contributed by atoms with van der Waals surface area (Å²) in [7, 11) is 0. The van der Waals surface area contributed by atoms with Gasteiger partial charge in [-0.25, -0.2) is 9.97 Å². The smallest absolute Gasteiger partial charge is 0.233 e. The minimum atomic E-state index is -0.00513. The molecule has 0 aliphatic carbocycles. The lowest BCUT2D eigenvalue weighted by Gasteiger charge is -2.36. The Bertz CT molecular complexity index is 935. The third-order valence-corrected chi connectivity index (χ3v) is 6.52. The number of nitrogens with zero attached hydrogens (tertiary/aromatic N) is 3. The maximum atomic E-state index is 13.1. The number of thioether (sulfide) groups is 1. The Morgan fingerprint density at radius 1 is 1.19 bits per heavy atom. The number of carbonyl (C=O) groups excluding carboxylic acids is 1. The van der Waals surface area contributed by atoms with Gasteiger partial charge in [-0.15, -0.1) is 11.3 Å². The number of aryl methyl sites for hydroxylation is 2. The van der Waals surface area contributed by atoms with Crippen LogP contribution in [0, 0.1) is 13.8 Å². The van der Waals surface area contributed by atoms with Crippen LogP contribution < -0.4 is 0 Å². The largest absolute Gasteiger partial charge is 0.330 e. The minimum absolute atomic E-state index is 0.00513. The summed E-state index contributed by atoms with van der Waals surface area (Å²) in [5, 5.41) is 2.80. The predicted molar refractivity (Wildman–Crippen MR) is 110 cm³/mol. The molecule has 0 saturated heterocycles. The van der Waals surface area contributed by atoms with E-state index in [0.29, 0.717) is 10.9 Å². The molecule has 1 atom stereocenters. The number of amides is 1. The minimum Gasteiger partial charge on any atom is -0.330 e. The van der Waals surface area contributed by atoms with Crippen molar-refractivity contribution in [3.05, 3.63) is 75.2 Å². The lowest BCUT2D eigenvalue weighted by molar-refractivity contribution is -0.130. The summed E-state index contributed by atoms with van der Waals surface area (Å²) in [6.45, 7) is 4.66. The Labute approximate surface area is 167 Å². The third-order valence-electron chi connectivity index (χ3n) is 4.69. The van der Waals surface area contributed by atoms with Gasteiger partial charge in [0.15, 0.2) is 5.16 Å². The summed E-state index contributed by atoms with van der Waals surface area (Å²) in [5.74, 6) is 0.486. The van der Waals surface area contributed by atoms with Gasteiger partial charge in [-0.2, -0.15) is 0 Å². The summed E-state index contributed by atoms with van der Waals surface area (Å²) >= 11 is 3.21. The van der Waals surface area contributed by atoms with E-state index in [2.05, 4.69) is 33.5 Å². The van der Waals surface area contributed by atoms with Gasteiger partial charge in [0.05, 0.1) is 11.8 Å². The van der Waals surface area contributed by atoms with E-state index < -0.39 is 0 Å². The molecular formula is C21H21N3OS2. The summed E-state index contributed by atoms with van der Waals surface area (Å²) in [4.78, 5) is 25.4. The normalized spacial score (nSPS) is 16.2. The molecule has 0 N–H and O–H groups in total. The molecule has 4 rings (SSSR count). The van der Waals surface area contributed by atoms with E-state index in [9.17, 15) is 4.79 Å². The maximum Gasteiger partial charge on any atom is 0.233 e. The number of thiophene rings is 1. The van der Waals surface area contributed by atoms with E-state index in [0.717, 1.165) is 29.9 Å². The van der Waals surface area contributed by atoms with Crippen LogP contribution in [0.3, 0.4) is 0 Å². The van der Waals surface area contributed by atoms with Gasteiger partial charge in [-0.1, -0.05) is 42.1 Å². The zero-order valence-electron chi connectivity index (χ0n) is 15.4. The number of aromatic nitrogens is 2. The van der Waals surface area contributed by atoms with E-state index in [-0.39, 0.29) is 11.9 Å². The number of hydrogen-bond donors (Lipinski definition) is 0. The highest BCUT2D eigenvalue weighted by molar-refractivity contribution is 7.99. The zero-order valence-corrected chi connectivity index (χ0v) is 17.0. The number of hydrogen-bond acceptors (Lipinski definition) is 5. The van der Waals surface area contributed by atoms with Crippen molar-refractivity contribution in [3.8, 4) is 0 Å². The molecular weight excluding hydrogens is 374 g/mol. The molecule has 27 heavy (non-hydrogen) atoms. The van der Waals surface area contributed by atoms with Crippen LogP contribution in [0.15, 0.2) is 53.0 Å². The molecule has 1 aliphatic heterocycles. The molecule has 1 aromatic carbocycles. The van der Waals surface area contributed by atoms with Crippen LogP contribution in [0.4, 0.5) is 0 Å². The molecule has 6 heteroatoms. The van der Waals surface area contributed by atoms with E-state index >= 15 is 0 Å². The lowest BCUT2D eigenvalue weighted by atomic mass is 9.93. The molecule has 0 spiro atoms. The van der Waals surface area contributed by atoms with Crippen LogP contribution in [-0.4, -0.2) is 33.1 Å². The van der Waals surface area contributed by atoms with Crippen molar-refractivity contribution < 1.29 is 4.79 Å². The van der Waals surface area contributed by atoms with Gasteiger partial charge in [0.2, 0.25) is 5.91 Å². The van der Waals surface area contributed by atoms with Crippen LogP contribution in [0.25, 0.3) is 0 Å². The highest BCUT2D eigenvalue weighted by Gasteiger charge is 2.32. The van der Waals surface area contributed by atoms with Gasteiger partial charge in [0.25, 0.3) is 0 Å². The molecule has 3 aromatic rings. The predicted octanol–water partition coefficient (Wildman–Crippen LogP) is 4.42. The fourth-order valence-electron chi connectivity index (χ4n) is 3.55. The molecule has 3 heterocycles. The summed E-state index contributed by atoms with van der Waals surface area (Å²) in [6, 6.07) is 14.4. The van der Waals surface area contributed by atoms with Crippen molar-refractivity contribution >= 4 is 29.0 Å². The first-order valence-electron chi connectivity index (χ1n) is 8.97. The van der Waals surface area contributed by atoms with Crippen molar-refractivity contribution in [2.45, 2.75) is 31.5 Å². The Kier molecular flexibility index (Phi) is 5.27. The Hall–Kier alpha value is -2.18. The third kappa shape index (κ3) is 3.92. The van der Waals surface area contributed by atoms with Crippen LogP contribution >= 0.6 is 23.1 Å². The molecule has 1 amide bonds. The lowest BCUT2D eigenvalue weighted by Crippen LogP contribution is -2.41. The Morgan fingerprint density at radius 3 is 2.67 bits per heavy atom. The average Bonchev–Trinajstić information content (AvgIpc) is 3.14. The van der Waals surface area contributed by atoms with Crippen molar-refractivity contribution in [2.75, 3.05) is 12.3 Å². The zero-order chi connectivity index (χ0) is 18.8. The topological polar surface area (TPSA) is 46.1 Å². The van der Waals surface area contributed by atoms with Crippen molar-refractivity contribution in [3.63, 3.8) is 0 Å². The molecule has 138 valence electrons. The van der Waals surface area contributed by atoms with Crippen LogP contribution in [0.1, 0.15) is 33.4 Å². The summed E-state index contributed by atoms with van der Waals surface area (Å²) < 4.78 is 0. The number of benzene rings is 1. The maximum absolute atomic E-state index is 13.1. The van der Waals surface area contributed by atoms with Crippen molar-refractivity contribution in [1.29, 1.82) is 0 Å². The standard InChI is InChI=1S/C21H21N3OS2/c1-14-12-15(2)23-21(22-14)27-13-19(25)24-10-8-18-17(9-11-26-18)20(24)16-6-4-3-5-7-16/h3-7,9,11-12,20H,8,10,13H2,1-2H3/t20-/m0/s1. The SMILES string of the molecule is Cc1cc(C)nc(SCC(=O)N2CCc3sccc3[C@@H]2c2ccccc2)n1. The van der Waals surface area contributed by atoms with Gasteiger partial charge in [0.1, 0.15) is 0 Å². The summed E-state index contributed by atoms with van der Waals surface area (Å²) in [6.07, 6.45) is 0.923. The van der Waals surface area contributed by atoms with Crippen molar-refractivity contribution in [1.82, 2.24) is 14.9 Å². The Morgan fingerprint density at radius 2 is 1.93 bits per heavy atom. The number of fused-ring (bicyclic) bond motifs is 1. The van der Waals surface area contributed by atoms with Gasteiger partial charge in [-0.05, 0) is 48.9 Å².